The van der Waals surface area contributed by atoms with Crippen LogP contribution in [0, 0.1) is 0 Å². The van der Waals surface area contributed by atoms with Gasteiger partial charge < -0.3 is 14.8 Å². The predicted octanol–water partition coefficient (Wildman–Crippen LogP) is 0.889. The highest BCUT2D eigenvalue weighted by molar-refractivity contribution is 5.92. The maximum atomic E-state index is 11.6. The first kappa shape index (κ1) is 9.45. The van der Waals surface area contributed by atoms with Gasteiger partial charge in [0.05, 0.1) is 6.04 Å². The van der Waals surface area contributed by atoms with Gasteiger partial charge in [0.15, 0.2) is 5.82 Å². The number of H-pyrrole nitrogens is 1. The van der Waals surface area contributed by atoms with Crippen LogP contribution in [-0.4, -0.2) is 21.0 Å². The highest BCUT2D eigenvalue weighted by Gasteiger charge is 2.14. The molecule has 0 aromatic carbocycles. The molecular formula is C9H10N4O2. The van der Waals surface area contributed by atoms with Gasteiger partial charge in [-0.1, -0.05) is 5.16 Å². The molecule has 78 valence electrons. The van der Waals surface area contributed by atoms with Crippen molar-refractivity contribution in [2.75, 3.05) is 0 Å². The molecule has 0 aliphatic rings. The van der Waals surface area contributed by atoms with Crippen molar-refractivity contribution >= 4 is 5.91 Å². The zero-order chi connectivity index (χ0) is 10.7. The molecule has 0 saturated heterocycles. The number of carbonyl (C=O) groups excluding carboxylic acids is 1. The van der Waals surface area contributed by atoms with Crippen LogP contribution >= 0.6 is 0 Å². The topological polar surface area (TPSA) is 83.8 Å². The van der Waals surface area contributed by atoms with Crippen molar-refractivity contribution in [3.63, 3.8) is 0 Å². The van der Waals surface area contributed by atoms with Crippen LogP contribution in [-0.2, 0) is 0 Å². The summed E-state index contributed by atoms with van der Waals surface area (Å²) in [5.41, 5.74) is 0.505. The van der Waals surface area contributed by atoms with Gasteiger partial charge in [0.2, 0.25) is 6.39 Å². The fourth-order valence-corrected chi connectivity index (χ4v) is 1.18. The fourth-order valence-electron chi connectivity index (χ4n) is 1.18. The second-order valence-electron chi connectivity index (χ2n) is 3.07. The van der Waals surface area contributed by atoms with E-state index in [-0.39, 0.29) is 11.9 Å². The molecule has 2 heterocycles. The highest BCUT2D eigenvalue weighted by Crippen LogP contribution is 2.06. The first-order valence-corrected chi connectivity index (χ1v) is 4.48. The lowest BCUT2D eigenvalue weighted by Crippen LogP contribution is -2.27. The number of aromatic amines is 1. The van der Waals surface area contributed by atoms with Crippen molar-refractivity contribution in [2.45, 2.75) is 13.0 Å². The minimum absolute atomic E-state index is 0.197. The maximum absolute atomic E-state index is 11.6. The first-order valence-electron chi connectivity index (χ1n) is 4.48. The molecule has 1 atom stereocenters. The second kappa shape index (κ2) is 3.95. The molecule has 0 spiro atoms. The molecule has 1 unspecified atom stereocenters. The molecule has 6 heteroatoms. The van der Waals surface area contributed by atoms with E-state index >= 15 is 0 Å². The maximum Gasteiger partial charge on any atom is 0.268 e. The van der Waals surface area contributed by atoms with Crippen LogP contribution in [0.25, 0.3) is 0 Å². The summed E-state index contributed by atoms with van der Waals surface area (Å²) >= 11 is 0. The van der Waals surface area contributed by atoms with Gasteiger partial charge in [-0.05, 0) is 19.1 Å². The standard InChI is InChI=1S/C9H10N4O2/c1-6(8-11-5-15-13-8)12-9(14)7-3-2-4-10-7/h2-6,10H,1H3,(H,12,14). The zero-order valence-corrected chi connectivity index (χ0v) is 8.10. The third-order valence-corrected chi connectivity index (χ3v) is 1.96. The van der Waals surface area contributed by atoms with Crippen molar-refractivity contribution in [1.82, 2.24) is 20.4 Å². The predicted molar refractivity (Wildman–Crippen MR) is 51.0 cm³/mol. The van der Waals surface area contributed by atoms with E-state index in [1.807, 2.05) is 0 Å². The largest absolute Gasteiger partial charge is 0.357 e. The van der Waals surface area contributed by atoms with Crippen LogP contribution in [0.2, 0.25) is 0 Å². The average Bonchev–Trinajstić information content (AvgIpc) is 2.91. The van der Waals surface area contributed by atoms with Gasteiger partial charge >= 0.3 is 0 Å². The summed E-state index contributed by atoms with van der Waals surface area (Å²) in [6.45, 7) is 1.78. The number of hydrogen-bond donors (Lipinski definition) is 2. The number of amides is 1. The van der Waals surface area contributed by atoms with Gasteiger partial charge in [-0.15, -0.1) is 0 Å². The van der Waals surface area contributed by atoms with Crippen LogP contribution in [0.3, 0.4) is 0 Å². The molecule has 2 N–H and O–H groups in total. The Hall–Kier alpha value is -2.11. The summed E-state index contributed by atoms with van der Waals surface area (Å²) < 4.78 is 4.59. The lowest BCUT2D eigenvalue weighted by Gasteiger charge is -2.08. The molecule has 0 saturated carbocycles. The van der Waals surface area contributed by atoms with E-state index in [9.17, 15) is 4.79 Å². The summed E-state index contributed by atoms with van der Waals surface area (Å²) in [7, 11) is 0. The van der Waals surface area contributed by atoms with Crippen LogP contribution in [0.4, 0.5) is 0 Å². The number of nitrogens with one attached hydrogen (secondary N) is 2. The molecule has 0 fully saturated rings. The smallest absolute Gasteiger partial charge is 0.268 e. The molecule has 6 nitrogen and oxygen atoms in total. The molecular weight excluding hydrogens is 196 g/mol. The van der Waals surface area contributed by atoms with Gasteiger partial charge in [0.25, 0.3) is 5.91 Å². The molecule has 2 aromatic heterocycles. The summed E-state index contributed by atoms with van der Waals surface area (Å²) in [4.78, 5) is 18.2. The Morgan fingerprint density at radius 1 is 1.67 bits per heavy atom. The molecule has 2 rings (SSSR count). The molecule has 0 bridgehead atoms. The van der Waals surface area contributed by atoms with Gasteiger partial charge in [-0.25, -0.2) is 0 Å². The average molecular weight is 206 g/mol. The number of carbonyl (C=O) groups is 1. The van der Waals surface area contributed by atoms with Crippen LogP contribution in [0.15, 0.2) is 29.2 Å². The van der Waals surface area contributed by atoms with Crippen LogP contribution < -0.4 is 5.32 Å². The minimum atomic E-state index is -0.278. The number of hydrogen-bond acceptors (Lipinski definition) is 4. The third-order valence-electron chi connectivity index (χ3n) is 1.96. The number of rotatable bonds is 3. The molecule has 1 amide bonds. The minimum Gasteiger partial charge on any atom is -0.357 e. The van der Waals surface area contributed by atoms with E-state index in [1.165, 1.54) is 6.39 Å². The molecule has 0 radical (unpaired) electrons. The summed E-state index contributed by atoms with van der Waals surface area (Å²) in [6.07, 6.45) is 2.92. The van der Waals surface area contributed by atoms with E-state index < -0.39 is 0 Å². The lowest BCUT2D eigenvalue weighted by molar-refractivity contribution is 0.0933. The number of aromatic nitrogens is 3. The van der Waals surface area contributed by atoms with Crippen molar-refractivity contribution < 1.29 is 9.32 Å². The Balaban J connectivity index is 2.01. The quantitative estimate of drug-likeness (QED) is 0.781. The summed E-state index contributed by atoms with van der Waals surface area (Å²) in [6, 6.07) is 3.17. The normalized spacial score (nSPS) is 12.3. The lowest BCUT2D eigenvalue weighted by atomic mass is 10.3. The van der Waals surface area contributed by atoms with Crippen LogP contribution in [0.5, 0.6) is 0 Å². The Kier molecular flexibility index (Phi) is 2.49. The fraction of sp³-hybridized carbons (Fsp3) is 0.222. The van der Waals surface area contributed by atoms with Crippen molar-refractivity contribution in [3.05, 3.63) is 36.2 Å². The van der Waals surface area contributed by atoms with Gasteiger partial charge in [0, 0.05) is 6.20 Å². The van der Waals surface area contributed by atoms with Gasteiger partial charge in [0.1, 0.15) is 5.69 Å². The summed E-state index contributed by atoms with van der Waals surface area (Å²) in [5, 5.41) is 6.37. The van der Waals surface area contributed by atoms with Crippen molar-refractivity contribution in [3.8, 4) is 0 Å². The van der Waals surface area contributed by atoms with Gasteiger partial charge in [-0.3, -0.25) is 4.79 Å². The summed E-state index contributed by atoms with van der Waals surface area (Å²) in [5.74, 6) is 0.257. The Bertz CT molecular complexity index is 421. The van der Waals surface area contributed by atoms with E-state index in [1.54, 1.807) is 25.3 Å². The molecule has 15 heavy (non-hydrogen) atoms. The third kappa shape index (κ3) is 2.04. The second-order valence-corrected chi connectivity index (χ2v) is 3.07. The monoisotopic (exact) mass is 206 g/mol. The molecule has 0 aliphatic heterocycles. The Morgan fingerprint density at radius 2 is 2.53 bits per heavy atom. The van der Waals surface area contributed by atoms with E-state index in [2.05, 4.69) is 25.0 Å². The van der Waals surface area contributed by atoms with Crippen LogP contribution in [0.1, 0.15) is 29.3 Å². The van der Waals surface area contributed by atoms with E-state index in [0.29, 0.717) is 11.5 Å². The van der Waals surface area contributed by atoms with Crippen molar-refractivity contribution in [2.24, 2.45) is 0 Å². The highest BCUT2D eigenvalue weighted by atomic mass is 16.5. The van der Waals surface area contributed by atoms with E-state index in [4.69, 9.17) is 0 Å². The van der Waals surface area contributed by atoms with Gasteiger partial charge in [-0.2, -0.15) is 4.98 Å². The Labute approximate surface area is 85.7 Å². The molecule has 0 aliphatic carbocycles. The number of nitrogens with zero attached hydrogens (tertiary/aromatic N) is 2. The first-order chi connectivity index (χ1) is 7.27. The Morgan fingerprint density at radius 3 is 3.13 bits per heavy atom. The van der Waals surface area contributed by atoms with E-state index in [0.717, 1.165) is 0 Å². The van der Waals surface area contributed by atoms with Crippen molar-refractivity contribution in [1.29, 1.82) is 0 Å². The SMILES string of the molecule is CC(NC(=O)c1ccc[nH]1)c1ncon1. The molecule has 2 aromatic rings. The zero-order valence-electron chi connectivity index (χ0n) is 8.10.